The lowest BCUT2D eigenvalue weighted by molar-refractivity contribution is -0.137. The second-order valence-electron chi connectivity index (χ2n) is 6.99. The number of hydrogen-bond acceptors (Lipinski definition) is 3. The van der Waals surface area contributed by atoms with E-state index in [9.17, 15) is 18.0 Å². The number of fused-ring (bicyclic) bond motifs is 1. The van der Waals surface area contributed by atoms with E-state index in [1.807, 2.05) is 24.3 Å². The number of aromatic nitrogens is 1. The number of halogens is 3. The Balaban J connectivity index is 1.41. The van der Waals surface area contributed by atoms with Crippen LogP contribution >= 0.6 is 0 Å². The first-order chi connectivity index (χ1) is 13.9. The Morgan fingerprint density at radius 1 is 1.10 bits per heavy atom. The minimum Gasteiger partial charge on any atom is -0.377 e. The molecule has 0 spiro atoms. The SMILES string of the molecule is O=C(Cc1ccc(C(F)(F)F)cc1)NC1=CCc2nc(C3=CCOCC3)ccc21. The lowest BCUT2D eigenvalue weighted by atomic mass is 10.0. The van der Waals surface area contributed by atoms with Crippen molar-refractivity contribution < 1.29 is 22.7 Å². The van der Waals surface area contributed by atoms with Crippen molar-refractivity contribution in [2.45, 2.75) is 25.4 Å². The van der Waals surface area contributed by atoms with E-state index in [2.05, 4.69) is 5.32 Å². The van der Waals surface area contributed by atoms with Crippen molar-refractivity contribution in [3.63, 3.8) is 0 Å². The molecule has 1 aliphatic heterocycles. The van der Waals surface area contributed by atoms with Crippen molar-refractivity contribution in [3.8, 4) is 0 Å². The summed E-state index contributed by atoms with van der Waals surface area (Å²) < 4.78 is 43.2. The zero-order chi connectivity index (χ0) is 20.4. The summed E-state index contributed by atoms with van der Waals surface area (Å²) in [5.41, 5.74) is 4.36. The molecule has 0 atom stereocenters. The molecule has 1 aromatic heterocycles. The van der Waals surface area contributed by atoms with Crippen LogP contribution in [0.1, 0.15) is 34.5 Å². The molecule has 4 rings (SSSR count). The number of amides is 1. The van der Waals surface area contributed by atoms with Gasteiger partial charge in [-0.1, -0.05) is 24.3 Å². The number of nitrogens with zero attached hydrogens (tertiary/aromatic N) is 1. The van der Waals surface area contributed by atoms with E-state index < -0.39 is 11.7 Å². The fraction of sp³-hybridized carbons (Fsp3) is 0.273. The van der Waals surface area contributed by atoms with E-state index in [4.69, 9.17) is 9.72 Å². The third-order valence-electron chi connectivity index (χ3n) is 4.98. The normalized spacial score (nSPS) is 16.1. The summed E-state index contributed by atoms with van der Waals surface area (Å²) in [6.07, 6.45) is 1.02. The molecular weight excluding hydrogens is 381 g/mol. The highest BCUT2D eigenvalue weighted by atomic mass is 19.4. The van der Waals surface area contributed by atoms with Crippen LogP contribution in [0.2, 0.25) is 0 Å². The van der Waals surface area contributed by atoms with E-state index in [1.165, 1.54) is 17.7 Å². The van der Waals surface area contributed by atoms with Crippen LogP contribution in [-0.2, 0) is 28.5 Å². The molecule has 0 unspecified atom stereocenters. The van der Waals surface area contributed by atoms with Crippen LogP contribution < -0.4 is 5.32 Å². The van der Waals surface area contributed by atoms with Gasteiger partial charge in [0.25, 0.3) is 0 Å². The summed E-state index contributed by atoms with van der Waals surface area (Å²) >= 11 is 0. The van der Waals surface area contributed by atoms with Crippen molar-refractivity contribution in [2.75, 3.05) is 13.2 Å². The lowest BCUT2D eigenvalue weighted by Crippen LogP contribution is -2.23. The number of pyridine rings is 1. The average Bonchev–Trinajstić information content (AvgIpc) is 3.10. The average molecular weight is 400 g/mol. The maximum atomic E-state index is 12.6. The van der Waals surface area contributed by atoms with Gasteiger partial charge < -0.3 is 10.1 Å². The van der Waals surface area contributed by atoms with Crippen molar-refractivity contribution in [1.82, 2.24) is 10.3 Å². The molecule has 7 heteroatoms. The summed E-state index contributed by atoms with van der Waals surface area (Å²) in [4.78, 5) is 17.1. The molecule has 1 aromatic carbocycles. The first-order valence-electron chi connectivity index (χ1n) is 9.34. The van der Waals surface area contributed by atoms with Crippen LogP contribution in [0.15, 0.2) is 48.6 Å². The Labute approximate surface area is 166 Å². The highest BCUT2D eigenvalue weighted by Crippen LogP contribution is 2.30. The smallest absolute Gasteiger partial charge is 0.377 e. The molecule has 150 valence electrons. The summed E-state index contributed by atoms with van der Waals surface area (Å²) in [7, 11) is 0. The second kappa shape index (κ2) is 7.83. The molecule has 0 saturated carbocycles. The predicted molar refractivity (Wildman–Crippen MR) is 103 cm³/mol. The molecule has 2 aliphatic rings. The zero-order valence-electron chi connectivity index (χ0n) is 15.6. The van der Waals surface area contributed by atoms with Crippen molar-refractivity contribution in [2.24, 2.45) is 0 Å². The lowest BCUT2D eigenvalue weighted by Gasteiger charge is -2.14. The highest BCUT2D eigenvalue weighted by molar-refractivity contribution is 5.89. The summed E-state index contributed by atoms with van der Waals surface area (Å²) in [5.74, 6) is -0.278. The Morgan fingerprint density at radius 3 is 2.59 bits per heavy atom. The molecule has 2 aromatic rings. The van der Waals surface area contributed by atoms with Crippen molar-refractivity contribution >= 4 is 17.2 Å². The highest BCUT2D eigenvalue weighted by Gasteiger charge is 2.30. The molecule has 1 N–H and O–H groups in total. The van der Waals surface area contributed by atoms with Gasteiger partial charge in [0.15, 0.2) is 0 Å². The molecule has 0 bridgehead atoms. The van der Waals surface area contributed by atoms with Crippen LogP contribution in [0.3, 0.4) is 0 Å². The van der Waals surface area contributed by atoms with Crippen molar-refractivity contribution in [3.05, 3.63) is 76.6 Å². The van der Waals surface area contributed by atoms with E-state index in [1.54, 1.807) is 0 Å². The van der Waals surface area contributed by atoms with E-state index in [-0.39, 0.29) is 12.3 Å². The fourth-order valence-electron chi connectivity index (χ4n) is 3.46. The van der Waals surface area contributed by atoms with Gasteiger partial charge in [0.05, 0.1) is 36.6 Å². The third kappa shape index (κ3) is 4.40. The predicted octanol–water partition coefficient (Wildman–Crippen LogP) is 4.16. The summed E-state index contributed by atoms with van der Waals surface area (Å²) in [6.45, 7) is 1.28. The Kier molecular flexibility index (Phi) is 5.24. The van der Waals surface area contributed by atoms with E-state index in [0.717, 1.165) is 35.5 Å². The summed E-state index contributed by atoms with van der Waals surface area (Å²) in [6, 6.07) is 8.53. The molecule has 4 nitrogen and oxygen atoms in total. The minimum absolute atomic E-state index is 0.00318. The molecule has 0 saturated heterocycles. The van der Waals surface area contributed by atoms with Gasteiger partial charge in [-0.2, -0.15) is 13.2 Å². The fourth-order valence-corrected chi connectivity index (χ4v) is 3.46. The minimum atomic E-state index is -4.38. The Bertz CT molecular complexity index is 992. The zero-order valence-corrected chi connectivity index (χ0v) is 15.6. The van der Waals surface area contributed by atoms with Gasteiger partial charge in [-0.25, -0.2) is 0 Å². The quantitative estimate of drug-likeness (QED) is 0.839. The molecule has 29 heavy (non-hydrogen) atoms. The van der Waals surface area contributed by atoms with Gasteiger partial charge in [-0.15, -0.1) is 0 Å². The first-order valence-corrected chi connectivity index (χ1v) is 9.34. The van der Waals surface area contributed by atoms with E-state index in [0.29, 0.717) is 30.9 Å². The molecule has 2 heterocycles. The number of allylic oxidation sites excluding steroid dienone is 1. The maximum absolute atomic E-state index is 12.6. The third-order valence-corrected chi connectivity index (χ3v) is 4.98. The first kappa shape index (κ1) is 19.4. The number of carbonyl (C=O) groups excluding carboxylic acids is 1. The molecular formula is C22H19F3N2O2. The molecule has 1 amide bonds. The number of carbonyl (C=O) groups is 1. The van der Waals surface area contributed by atoms with Crippen molar-refractivity contribution in [1.29, 1.82) is 0 Å². The van der Waals surface area contributed by atoms with Crippen LogP contribution in [0.25, 0.3) is 11.3 Å². The van der Waals surface area contributed by atoms with Gasteiger partial charge in [0.2, 0.25) is 5.91 Å². The van der Waals surface area contributed by atoms with Gasteiger partial charge >= 0.3 is 6.18 Å². The number of ether oxygens (including phenoxy) is 1. The topological polar surface area (TPSA) is 51.2 Å². The monoisotopic (exact) mass is 400 g/mol. The number of benzene rings is 1. The number of hydrogen-bond donors (Lipinski definition) is 1. The van der Waals surface area contributed by atoms with Crippen LogP contribution in [0.5, 0.6) is 0 Å². The Hall–Kier alpha value is -2.93. The van der Waals surface area contributed by atoms with Gasteiger partial charge in [0, 0.05) is 17.7 Å². The summed E-state index contributed by atoms with van der Waals surface area (Å²) in [5, 5.41) is 2.85. The van der Waals surface area contributed by atoms with Gasteiger partial charge in [-0.3, -0.25) is 9.78 Å². The van der Waals surface area contributed by atoms with E-state index >= 15 is 0 Å². The Morgan fingerprint density at radius 2 is 1.90 bits per heavy atom. The molecule has 1 aliphatic carbocycles. The van der Waals surface area contributed by atoms with Crippen LogP contribution in [-0.4, -0.2) is 24.1 Å². The van der Waals surface area contributed by atoms with Gasteiger partial charge in [-0.05, 0) is 41.8 Å². The number of nitrogens with one attached hydrogen (secondary N) is 1. The van der Waals surface area contributed by atoms with Crippen LogP contribution in [0, 0.1) is 0 Å². The number of rotatable bonds is 4. The maximum Gasteiger partial charge on any atom is 0.416 e. The molecule has 0 radical (unpaired) electrons. The largest absolute Gasteiger partial charge is 0.416 e. The number of alkyl halides is 3. The standard InChI is InChI=1S/C22H19F3N2O2/c23-22(24,25)16-3-1-14(2-4-16)13-21(28)27-20-8-7-19-17(20)5-6-18(26-19)15-9-11-29-12-10-15/h1-6,8-9H,7,10-13H2,(H,27,28). The molecule has 0 fully saturated rings. The second-order valence-corrected chi connectivity index (χ2v) is 6.99. The van der Waals surface area contributed by atoms with Crippen LogP contribution in [0.4, 0.5) is 13.2 Å². The van der Waals surface area contributed by atoms with Gasteiger partial charge in [0.1, 0.15) is 0 Å².